The Balaban J connectivity index is 3.02. The molecule has 0 aliphatic carbocycles. The first-order chi connectivity index (χ1) is 5.27. The monoisotopic (exact) mass is 280 g/mol. The Morgan fingerprint density at radius 3 is 2.73 bits per heavy atom. The summed E-state index contributed by atoms with van der Waals surface area (Å²) in [5, 5.41) is 0. The predicted molar refractivity (Wildman–Crippen MR) is 57.5 cm³/mol. The van der Waals surface area contributed by atoms with Gasteiger partial charge in [0.25, 0.3) is 0 Å². The van der Waals surface area contributed by atoms with Crippen LogP contribution < -0.4 is 4.74 Å². The second-order valence-electron chi connectivity index (χ2n) is 2.00. The molecule has 0 heterocycles. The average Bonchev–Trinajstić information content (AvgIpc) is 2.05. The van der Waals surface area contributed by atoms with Crippen LogP contribution in [0.15, 0.2) is 23.1 Å². The van der Waals surface area contributed by atoms with Gasteiger partial charge in [0, 0.05) is 8.47 Å². The van der Waals surface area contributed by atoms with Gasteiger partial charge in [0.2, 0.25) is 0 Å². The summed E-state index contributed by atoms with van der Waals surface area (Å²) in [5.74, 6) is 0.926. The van der Waals surface area contributed by atoms with Crippen LogP contribution in [0.2, 0.25) is 0 Å². The van der Waals surface area contributed by atoms with E-state index >= 15 is 0 Å². The second-order valence-corrected chi connectivity index (χ2v) is 4.01. The number of halogens is 1. The lowest BCUT2D eigenvalue weighted by atomic mass is 10.3. The number of hydrogen-bond acceptors (Lipinski definition) is 2. The Hall–Kier alpha value is 0.1000. The molecule has 0 unspecified atom stereocenters. The van der Waals surface area contributed by atoms with Gasteiger partial charge in [-0.05, 0) is 47.0 Å². The summed E-state index contributed by atoms with van der Waals surface area (Å²) in [7, 11) is 1.69. The van der Waals surface area contributed by atoms with E-state index in [1.54, 1.807) is 18.9 Å². The van der Waals surface area contributed by atoms with Crippen LogP contribution in [-0.4, -0.2) is 13.4 Å². The summed E-state index contributed by atoms with van der Waals surface area (Å²) in [6, 6.07) is 6.08. The molecule has 11 heavy (non-hydrogen) atoms. The number of rotatable bonds is 2. The lowest BCUT2D eigenvalue weighted by Gasteiger charge is -2.03. The molecule has 1 rings (SSSR count). The quantitative estimate of drug-likeness (QED) is 0.608. The highest BCUT2D eigenvalue weighted by Crippen LogP contribution is 2.26. The molecular weight excluding hydrogens is 271 g/mol. The van der Waals surface area contributed by atoms with Crippen molar-refractivity contribution in [3.8, 4) is 5.75 Å². The number of benzene rings is 1. The van der Waals surface area contributed by atoms with Crippen LogP contribution in [0.5, 0.6) is 5.75 Å². The summed E-state index contributed by atoms with van der Waals surface area (Å²) >= 11 is 4.05. The molecule has 0 N–H and O–H groups in total. The molecule has 0 fully saturated rings. The van der Waals surface area contributed by atoms with E-state index in [2.05, 4.69) is 34.9 Å². The minimum atomic E-state index is 0.926. The first-order valence-electron chi connectivity index (χ1n) is 3.15. The van der Waals surface area contributed by atoms with Crippen molar-refractivity contribution in [3.05, 3.63) is 21.8 Å². The van der Waals surface area contributed by atoms with E-state index in [0.29, 0.717) is 0 Å². The highest BCUT2D eigenvalue weighted by atomic mass is 127. The van der Waals surface area contributed by atoms with Crippen molar-refractivity contribution in [2.75, 3.05) is 13.4 Å². The summed E-state index contributed by atoms with van der Waals surface area (Å²) in [6.07, 6.45) is 2.07. The van der Waals surface area contributed by atoms with Gasteiger partial charge in [-0.1, -0.05) is 0 Å². The minimum absolute atomic E-state index is 0.926. The first-order valence-corrected chi connectivity index (χ1v) is 5.46. The van der Waals surface area contributed by atoms with Crippen molar-refractivity contribution in [3.63, 3.8) is 0 Å². The lowest BCUT2D eigenvalue weighted by Crippen LogP contribution is -1.84. The summed E-state index contributed by atoms with van der Waals surface area (Å²) in [5.41, 5.74) is 0. The maximum absolute atomic E-state index is 5.10. The van der Waals surface area contributed by atoms with Gasteiger partial charge in [-0.25, -0.2) is 0 Å². The van der Waals surface area contributed by atoms with Crippen molar-refractivity contribution in [1.82, 2.24) is 0 Å². The first kappa shape index (κ1) is 9.19. The van der Waals surface area contributed by atoms with Crippen LogP contribution in [0.4, 0.5) is 0 Å². The van der Waals surface area contributed by atoms with Crippen LogP contribution in [0.1, 0.15) is 0 Å². The Labute approximate surface area is 84.7 Å². The zero-order valence-corrected chi connectivity index (χ0v) is 9.40. The van der Waals surface area contributed by atoms with Gasteiger partial charge in [-0.3, -0.25) is 0 Å². The zero-order valence-electron chi connectivity index (χ0n) is 6.43. The highest BCUT2D eigenvalue weighted by Gasteiger charge is 1.98. The molecule has 0 amide bonds. The molecule has 1 aromatic carbocycles. The molecule has 0 spiro atoms. The van der Waals surface area contributed by atoms with Crippen LogP contribution in [0, 0.1) is 3.57 Å². The molecule has 3 heteroatoms. The van der Waals surface area contributed by atoms with E-state index in [1.165, 1.54) is 8.47 Å². The molecule has 0 saturated carbocycles. The van der Waals surface area contributed by atoms with Gasteiger partial charge in [-0.2, -0.15) is 0 Å². The van der Waals surface area contributed by atoms with Crippen LogP contribution >= 0.6 is 34.4 Å². The van der Waals surface area contributed by atoms with Crippen LogP contribution in [0.3, 0.4) is 0 Å². The SMILES string of the molecule is COc1ccc(I)c(SC)c1. The molecular formula is C8H9IOS. The fourth-order valence-corrected chi connectivity index (χ4v) is 2.26. The van der Waals surface area contributed by atoms with Crippen molar-refractivity contribution in [2.45, 2.75) is 4.90 Å². The second kappa shape index (κ2) is 4.21. The molecule has 0 aliphatic heterocycles. The number of methoxy groups -OCH3 is 1. The number of ether oxygens (including phenoxy) is 1. The molecule has 0 saturated heterocycles. The topological polar surface area (TPSA) is 9.23 Å². The molecule has 0 aromatic heterocycles. The fourth-order valence-electron chi connectivity index (χ4n) is 0.767. The molecule has 1 aromatic rings. The average molecular weight is 280 g/mol. The normalized spacial score (nSPS) is 9.73. The summed E-state index contributed by atoms with van der Waals surface area (Å²) in [6.45, 7) is 0. The van der Waals surface area contributed by atoms with Crippen molar-refractivity contribution in [1.29, 1.82) is 0 Å². The van der Waals surface area contributed by atoms with Gasteiger partial charge >= 0.3 is 0 Å². The number of thioether (sulfide) groups is 1. The molecule has 60 valence electrons. The minimum Gasteiger partial charge on any atom is -0.497 e. The van der Waals surface area contributed by atoms with Crippen LogP contribution in [-0.2, 0) is 0 Å². The van der Waals surface area contributed by atoms with E-state index in [1.807, 2.05) is 12.1 Å². The van der Waals surface area contributed by atoms with E-state index in [4.69, 9.17) is 4.74 Å². The standard InChI is InChI=1S/C8H9IOS/c1-10-6-3-4-7(9)8(5-6)11-2/h3-5H,1-2H3. The molecule has 0 bridgehead atoms. The van der Waals surface area contributed by atoms with E-state index in [-0.39, 0.29) is 0 Å². The Morgan fingerprint density at radius 1 is 1.45 bits per heavy atom. The third-order valence-corrected chi connectivity index (χ3v) is 3.44. The molecule has 1 nitrogen and oxygen atoms in total. The van der Waals surface area contributed by atoms with E-state index in [9.17, 15) is 0 Å². The molecule has 0 atom stereocenters. The third-order valence-electron chi connectivity index (χ3n) is 1.36. The Kier molecular flexibility index (Phi) is 3.51. The predicted octanol–water partition coefficient (Wildman–Crippen LogP) is 3.02. The largest absolute Gasteiger partial charge is 0.497 e. The van der Waals surface area contributed by atoms with Gasteiger partial charge in [-0.15, -0.1) is 11.8 Å². The summed E-state index contributed by atoms with van der Waals surface area (Å²) in [4.78, 5) is 1.27. The van der Waals surface area contributed by atoms with Crippen molar-refractivity contribution >= 4 is 34.4 Å². The van der Waals surface area contributed by atoms with Crippen LogP contribution in [0.25, 0.3) is 0 Å². The van der Waals surface area contributed by atoms with Gasteiger partial charge in [0.15, 0.2) is 0 Å². The maximum Gasteiger partial charge on any atom is 0.120 e. The van der Waals surface area contributed by atoms with Gasteiger partial charge < -0.3 is 4.74 Å². The molecule has 0 radical (unpaired) electrons. The fraction of sp³-hybridized carbons (Fsp3) is 0.250. The third kappa shape index (κ3) is 2.27. The lowest BCUT2D eigenvalue weighted by molar-refractivity contribution is 0.413. The molecule has 0 aliphatic rings. The smallest absolute Gasteiger partial charge is 0.120 e. The zero-order chi connectivity index (χ0) is 8.27. The van der Waals surface area contributed by atoms with Crippen molar-refractivity contribution in [2.24, 2.45) is 0 Å². The van der Waals surface area contributed by atoms with Crippen molar-refractivity contribution < 1.29 is 4.74 Å². The Morgan fingerprint density at radius 2 is 2.18 bits per heavy atom. The maximum atomic E-state index is 5.10. The number of hydrogen-bond donors (Lipinski definition) is 0. The van der Waals surface area contributed by atoms with E-state index < -0.39 is 0 Å². The van der Waals surface area contributed by atoms with Gasteiger partial charge in [0.05, 0.1) is 7.11 Å². The Bertz CT molecular complexity index is 250. The highest BCUT2D eigenvalue weighted by molar-refractivity contribution is 14.1. The van der Waals surface area contributed by atoms with Gasteiger partial charge in [0.1, 0.15) is 5.75 Å². The van der Waals surface area contributed by atoms with E-state index in [0.717, 1.165) is 5.75 Å². The summed E-state index contributed by atoms with van der Waals surface area (Å²) < 4.78 is 6.37.